The molecule has 1 aliphatic rings. The molecule has 18 heavy (non-hydrogen) atoms. The summed E-state index contributed by atoms with van der Waals surface area (Å²) in [5.74, 6) is 1.52. The van der Waals surface area contributed by atoms with Crippen LogP contribution in [0.15, 0.2) is 24.3 Å². The fourth-order valence-corrected chi connectivity index (χ4v) is 2.15. The number of ether oxygens (including phenoxy) is 2. The molecule has 1 aliphatic heterocycles. The Morgan fingerprint density at radius 1 is 1.17 bits per heavy atom. The molecule has 0 bridgehead atoms. The zero-order valence-electron chi connectivity index (χ0n) is 10.2. The molecule has 1 saturated heterocycles. The van der Waals surface area contributed by atoms with Gasteiger partial charge in [-0.05, 0) is 38.1 Å². The fraction of sp³-hybridized carbons (Fsp3) is 0.538. The van der Waals surface area contributed by atoms with Gasteiger partial charge >= 0.3 is 0 Å². The van der Waals surface area contributed by atoms with Gasteiger partial charge in [-0.2, -0.15) is 0 Å². The second-order valence-corrected chi connectivity index (χ2v) is 4.54. The fourth-order valence-electron chi connectivity index (χ4n) is 1.95. The number of piperidine rings is 1. The van der Waals surface area contributed by atoms with Crippen molar-refractivity contribution in [3.05, 3.63) is 24.3 Å². The normalized spacial score (nSPS) is 16.5. The smallest absolute Gasteiger partial charge is 0.179 e. The zero-order chi connectivity index (χ0) is 12.6. The summed E-state index contributed by atoms with van der Waals surface area (Å²) in [5.41, 5.74) is 0. The van der Waals surface area contributed by atoms with E-state index in [1.165, 1.54) is 0 Å². The van der Waals surface area contributed by atoms with Gasteiger partial charge < -0.3 is 18.6 Å². The quantitative estimate of drug-likeness (QED) is 0.819. The van der Waals surface area contributed by atoms with Gasteiger partial charge in [0.15, 0.2) is 16.3 Å². The number of hydrogen-bond acceptors (Lipinski definition) is 4. The van der Waals surface area contributed by atoms with E-state index in [2.05, 4.69) is 21.6 Å². The highest BCUT2D eigenvalue weighted by molar-refractivity contribution is 9.06. The van der Waals surface area contributed by atoms with Crippen LogP contribution in [0.2, 0.25) is 0 Å². The molecule has 4 nitrogen and oxygen atoms in total. The van der Waals surface area contributed by atoms with Crippen LogP contribution < -0.4 is 13.9 Å². The predicted molar refractivity (Wildman–Crippen MR) is 73.3 cm³/mol. The summed E-state index contributed by atoms with van der Waals surface area (Å²) in [6.07, 6.45) is 2.56. The summed E-state index contributed by atoms with van der Waals surface area (Å²) in [7, 11) is 0. The highest BCUT2D eigenvalue weighted by Gasteiger charge is 2.12. The Kier molecular flexibility index (Phi) is 5.77. The Balaban J connectivity index is 1.65. The number of hydrogen-bond donors (Lipinski definition) is 1. The Bertz CT molecular complexity index is 356. The standard InChI is InChI=1S/C13H18BrNO3/c14-18-13-3-1-2-12(10-13)17-9-8-16-11-4-6-15-7-5-11/h1-3,10-11,15H,4-9H2. The largest absolute Gasteiger partial charge is 0.491 e. The van der Waals surface area contributed by atoms with Crippen molar-refractivity contribution >= 4 is 16.3 Å². The zero-order valence-corrected chi connectivity index (χ0v) is 11.8. The van der Waals surface area contributed by atoms with E-state index in [4.69, 9.17) is 13.3 Å². The third-order valence-electron chi connectivity index (χ3n) is 2.89. The lowest BCUT2D eigenvalue weighted by Crippen LogP contribution is -2.33. The molecule has 1 aromatic carbocycles. The van der Waals surface area contributed by atoms with Crippen molar-refractivity contribution in [2.45, 2.75) is 18.9 Å². The highest BCUT2D eigenvalue weighted by atomic mass is 79.9. The van der Waals surface area contributed by atoms with Gasteiger partial charge in [-0.25, -0.2) is 0 Å². The third-order valence-corrected chi connectivity index (χ3v) is 3.26. The van der Waals surface area contributed by atoms with E-state index in [1.807, 2.05) is 24.3 Å². The van der Waals surface area contributed by atoms with Crippen LogP contribution in [-0.4, -0.2) is 32.4 Å². The lowest BCUT2D eigenvalue weighted by molar-refractivity contribution is 0.0168. The van der Waals surface area contributed by atoms with Gasteiger partial charge in [-0.3, -0.25) is 0 Å². The minimum Gasteiger partial charge on any atom is -0.491 e. The molecule has 1 heterocycles. The first-order valence-corrected chi connectivity index (χ1v) is 6.87. The van der Waals surface area contributed by atoms with Crippen molar-refractivity contribution in [3.63, 3.8) is 0 Å². The van der Waals surface area contributed by atoms with E-state index in [0.29, 0.717) is 19.3 Å². The maximum atomic E-state index is 5.76. The lowest BCUT2D eigenvalue weighted by Gasteiger charge is -2.22. The average molecular weight is 316 g/mol. The number of nitrogens with one attached hydrogen (secondary N) is 1. The maximum Gasteiger partial charge on any atom is 0.179 e. The van der Waals surface area contributed by atoms with Crippen molar-refractivity contribution in [2.75, 3.05) is 26.3 Å². The molecule has 0 aliphatic carbocycles. The van der Waals surface area contributed by atoms with Crippen LogP contribution in [0.3, 0.4) is 0 Å². The van der Waals surface area contributed by atoms with Crippen molar-refractivity contribution in [2.24, 2.45) is 0 Å². The summed E-state index contributed by atoms with van der Waals surface area (Å²) in [4.78, 5) is 0. The molecular weight excluding hydrogens is 298 g/mol. The monoisotopic (exact) mass is 315 g/mol. The van der Waals surface area contributed by atoms with E-state index in [1.54, 1.807) is 0 Å². The van der Waals surface area contributed by atoms with Crippen LogP contribution in [-0.2, 0) is 4.74 Å². The number of rotatable bonds is 6. The van der Waals surface area contributed by atoms with Gasteiger partial charge in [0.25, 0.3) is 0 Å². The van der Waals surface area contributed by atoms with Gasteiger partial charge in [0.2, 0.25) is 0 Å². The molecule has 1 aromatic rings. The molecule has 0 aromatic heterocycles. The molecule has 0 spiro atoms. The Morgan fingerprint density at radius 3 is 2.72 bits per heavy atom. The topological polar surface area (TPSA) is 39.7 Å². The van der Waals surface area contributed by atoms with Gasteiger partial charge in [-0.1, -0.05) is 6.07 Å². The molecule has 0 radical (unpaired) electrons. The van der Waals surface area contributed by atoms with Crippen molar-refractivity contribution < 1.29 is 13.3 Å². The van der Waals surface area contributed by atoms with E-state index in [0.717, 1.165) is 37.4 Å². The number of halogens is 1. The summed E-state index contributed by atoms with van der Waals surface area (Å²) in [6.45, 7) is 3.30. The van der Waals surface area contributed by atoms with Crippen LogP contribution in [0, 0.1) is 0 Å². The highest BCUT2D eigenvalue weighted by Crippen LogP contribution is 2.20. The molecule has 0 atom stereocenters. The second-order valence-electron chi connectivity index (χ2n) is 4.22. The van der Waals surface area contributed by atoms with Crippen LogP contribution in [0.4, 0.5) is 0 Å². The van der Waals surface area contributed by atoms with Gasteiger partial charge in [-0.15, -0.1) is 0 Å². The first-order chi connectivity index (χ1) is 8.88. The first kappa shape index (κ1) is 13.6. The molecular formula is C13H18BrNO3. The average Bonchev–Trinajstić information content (AvgIpc) is 2.45. The van der Waals surface area contributed by atoms with E-state index in [9.17, 15) is 0 Å². The van der Waals surface area contributed by atoms with E-state index < -0.39 is 0 Å². The van der Waals surface area contributed by atoms with Crippen molar-refractivity contribution in [1.82, 2.24) is 5.32 Å². The van der Waals surface area contributed by atoms with Crippen molar-refractivity contribution in [1.29, 1.82) is 0 Å². The van der Waals surface area contributed by atoms with Gasteiger partial charge in [0.05, 0.1) is 12.7 Å². The van der Waals surface area contributed by atoms with E-state index in [-0.39, 0.29) is 0 Å². The number of benzene rings is 1. The molecule has 5 heteroatoms. The van der Waals surface area contributed by atoms with Gasteiger partial charge in [0, 0.05) is 6.07 Å². The van der Waals surface area contributed by atoms with Crippen LogP contribution >= 0.6 is 16.3 Å². The third kappa shape index (κ3) is 4.48. The molecule has 0 amide bonds. The lowest BCUT2D eigenvalue weighted by atomic mass is 10.1. The minimum atomic E-state index is 0.382. The van der Waals surface area contributed by atoms with Gasteiger partial charge in [0.1, 0.15) is 18.1 Å². The molecule has 100 valence electrons. The van der Waals surface area contributed by atoms with Crippen LogP contribution in [0.25, 0.3) is 0 Å². The molecule has 1 N–H and O–H groups in total. The van der Waals surface area contributed by atoms with Crippen LogP contribution in [0.5, 0.6) is 11.5 Å². The van der Waals surface area contributed by atoms with Crippen molar-refractivity contribution in [3.8, 4) is 11.5 Å². The maximum absolute atomic E-state index is 5.76. The minimum absolute atomic E-state index is 0.382. The molecule has 0 unspecified atom stereocenters. The van der Waals surface area contributed by atoms with Crippen LogP contribution in [0.1, 0.15) is 12.8 Å². The molecule has 0 saturated carbocycles. The summed E-state index contributed by atoms with van der Waals surface area (Å²) in [6, 6.07) is 7.48. The Morgan fingerprint density at radius 2 is 1.94 bits per heavy atom. The summed E-state index contributed by atoms with van der Waals surface area (Å²) in [5, 5.41) is 3.31. The SMILES string of the molecule is BrOc1cccc(OCCOC2CCNCC2)c1. The summed E-state index contributed by atoms with van der Waals surface area (Å²) >= 11 is 2.94. The summed E-state index contributed by atoms with van der Waals surface area (Å²) < 4.78 is 16.3. The second kappa shape index (κ2) is 7.61. The van der Waals surface area contributed by atoms with E-state index >= 15 is 0 Å². The molecule has 1 fully saturated rings. The Hall–Kier alpha value is -0.780. The first-order valence-electron chi connectivity index (χ1n) is 6.22. The molecule has 2 rings (SSSR count). The Labute approximate surface area is 116 Å². The predicted octanol–water partition coefficient (Wildman–Crippen LogP) is 2.52.